The maximum Gasteiger partial charge on any atom is 0.318 e. The number of hydrogen-bond donors (Lipinski definition) is 1. The maximum absolute atomic E-state index is 12.8. The summed E-state index contributed by atoms with van der Waals surface area (Å²) in [5, 5.41) is 3.02. The Labute approximate surface area is 175 Å². The van der Waals surface area contributed by atoms with E-state index in [9.17, 15) is 4.79 Å². The van der Waals surface area contributed by atoms with Gasteiger partial charge < -0.3 is 14.6 Å². The van der Waals surface area contributed by atoms with Crippen LogP contribution in [0, 0.1) is 0 Å². The van der Waals surface area contributed by atoms with E-state index in [0.717, 1.165) is 40.6 Å². The van der Waals surface area contributed by atoms with E-state index in [1.54, 1.807) is 0 Å². The average Bonchev–Trinajstić information content (AvgIpc) is 3.45. The highest BCUT2D eigenvalue weighted by Gasteiger charge is 2.33. The molecule has 0 radical (unpaired) electrons. The first-order chi connectivity index (χ1) is 14.8. The van der Waals surface area contributed by atoms with Gasteiger partial charge in [0.15, 0.2) is 5.58 Å². The van der Waals surface area contributed by atoms with Crippen molar-refractivity contribution < 1.29 is 9.21 Å². The molecule has 0 saturated carbocycles. The van der Waals surface area contributed by atoms with E-state index in [4.69, 9.17) is 9.40 Å². The van der Waals surface area contributed by atoms with E-state index < -0.39 is 0 Å². The molecule has 0 spiro atoms. The monoisotopic (exact) mass is 397 g/mol. The number of fused-ring (bicyclic) bond motifs is 1. The highest BCUT2D eigenvalue weighted by molar-refractivity contribution is 5.80. The molecular formula is C25H23N3O2. The van der Waals surface area contributed by atoms with Crippen molar-refractivity contribution in [2.24, 2.45) is 0 Å². The first-order valence-corrected chi connectivity index (χ1v) is 10.3. The zero-order chi connectivity index (χ0) is 20.3. The van der Waals surface area contributed by atoms with Gasteiger partial charge in [0.25, 0.3) is 0 Å². The normalized spacial score (nSPS) is 16.1. The van der Waals surface area contributed by atoms with Crippen molar-refractivity contribution in [1.29, 1.82) is 0 Å². The quantitative estimate of drug-likeness (QED) is 0.492. The van der Waals surface area contributed by atoms with Gasteiger partial charge in [0.1, 0.15) is 11.6 Å². The summed E-state index contributed by atoms with van der Waals surface area (Å²) in [6.45, 7) is 1.22. The molecule has 150 valence electrons. The Hall–Kier alpha value is -3.60. The number of benzene rings is 3. The molecule has 4 aromatic rings. The molecule has 1 unspecified atom stereocenters. The Bertz CT molecular complexity index is 1150. The van der Waals surface area contributed by atoms with Crippen LogP contribution in [0.2, 0.25) is 0 Å². The third-order valence-electron chi connectivity index (χ3n) is 5.60. The number of nitrogens with zero attached hydrogens (tertiary/aromatic N) is 2. The summed E-state index contributed by atoms with van der Waals surface area (Å²) in [7, 11) is 0. The fraction of sp³-hybridized carbons (Fsp3) is 0.200. The van der Waals surface area contributed by atoms with E-state index in [2.05, 4.69) is 17.4 Å². The topological polar surface area (TPSA) is 58.4 Å². The van der Waals surface area contributed by atoms with Crippen molar-refractivity contribution in [2.45, 2.75) is 25.4 Å². The highest BCUT2D eigenvalue weighted by atomic mass is 16.4. The van der Waals surface area contributed by atoms with E-state index in [0.29, 0.717) is 19.0 Å². The summed E-state index contributed by atoms with van der Waals surface area (Å²) in [6, 6.07) is 26.0. The zero-order valence-electron chi connectivity index (χ0n) is 16.6. The van der Waals surface area contributed by atoms with Crippen LogP contribution in [-0.2, 0) is 6.54 Å². The van der Waals surface area contributed by atoms with Crippen molar-refractivity contribution >= 4 is 17.1 Å². The molecule has 1 aliphatic heterocycles. The number of aromatic nitrogens is 1. The van der Waals surface area contributed by atoms with E-state index in [1.165, 1.54) is 0 Å². The Kier molecular flexibility index (Phi) is 4.93. The van der Waals surface area contributed by atoms with Gasteiger partial charge >= 0.3 is 6.03 Å². The fourth-order valence-corrected chi connectivity index (χ4v) is 4.04. The van der Waals surface area contributed by atoms with Crippen molar-refractivity contribution in [3.8, 4) is 11.1 Å². The van der Waals surface area contributed by atoms with E-state index in [-0.39, 0.29) is 12.1 Å². The van der Waals surface area contributed by atoms with Crippen LogP contribution in [0.15, 0.2) is 83.3 Å². The molecule has 5 rings (SSSR count). The Morgan fingerprint density at radius 3 is 2.57 bits per heavy atom. The SMILES string of the molecule is O=C(NCc1ccccc1)N1CCCC1c1nc2cc(-c3ccccc3)ccc2o1. The van der Waals surface area contributed by atoms with Crippen LogP contribution in [-0.4, -0.2) is 22.5 Å². The molecule has 1 aliphatic rings. The van der Waals surface area contributed by atoms with Gasteiger partial charge in [-0.15, -0.1) is 0 Å². The predicted octanol–water partition coefficient (Wildman–Crippen LogP) is 5.54. The van der Waals surface area contributed by atoms with Crippen molar-refractivity contribution in [3.05, 3.63) is 90.3 Å². The lowest BCUT2D eigenvalue weighted by molar-refractivity contribution is 0.184. The van der Waals surface area contributed by atoms with Gasteiger partial charge in [0, 0.05) is 13.1 Å². The van der Waals surface area contributed by atoms with Crippen LogP contribution in [0.25, 0.3) is 22.2 Å². The summed E-state index contributed by atoms with van der Waals surface area (Å²) in [6.07, 6.45) is 1.80. The molecule has 3 aromatic carbocycles. The second-order valence-corrected chi connectivity index (χ2v) is 7.60. The largest absolute Gasteiger partial charge is 0.438 e. The van der Waals surface area contributed by atoms with Crippen molar-refractivity contribution in [3.63, 3.8) is 0 Å². The molecule has 1 atom stereocenters. The number of urea groups is 1. The molecule has 0 aliphatic carbocycles. The smallest absolute Gasteiger partial charge is 0.318 e. The molecule has 5 nitrogen and oxygen atoms in total. The highest BCUT2D eigenvalue weighted by Crippen LogP contribution is 2.34. The van der Waals surface area contributed by atoms with Crippen LogP contribution in [0.5, 0.6) is 0 Å². The second-order valence-electron chi connectivity index (χ2n) is 7.60. The lowest BCUT2D eigenvalue weighted by atomic mass is 10.1. The summed E-state index contributed by atoms with van der Waals surface area (Å²) < 4.78 is 6.05. The van der Waals surface area contributed by atoms with Gasteiger partial charge in [-0.3, -0.25) is 0 Å². The Balaban J connectivity index is 1.35. The van der Waals surface area contributed by atoms with Crippen LogP contribution < -0.4 is 5.32 Å². The lowest BCUT2D eigenvalue weighted by Gasteiger charge is -2.22. The van der Waals surface area contributed by atoms with Crippen molar-refractivity contribution in [2.75, 3.05) is 6.54 Å². The van der Waals surface area contributed by atoms with Crippen LogP contribution >= 0.6 is 0 Å². The molecule has 1 saturated heterocycles. The molecule has 0 bridgehead atoms. The van der Waals surface area contributed by atoms with Crippen LogP contribution in [0.1, 0.15) is 30.3 Å². The van der Waals surface area contributed by atoms with Gasteiger partial charge in [-0.05, 0) is 41.7 Å². The number of amides is 2. The molecule has 2 amide bonds. The Morgan fingerprint density at radius 1 is 1.00 bits per heavy atom. The molecule has 1 fully saturated rings. The van der Waals surface area contributed by atoms with Gasteiger partial charge in [-0.25, -0.2) is 9.78 Å². The standard InChI is InChI=1S/C25H23N3O2/c29-25(26-17-18-8-3-1-4-9-18)28-15-7-12-22(28)24-27-21-16-20(13-14-23(21)30-24)19-10-5-2-6-11-19/h1-6,8-11,13-14,16,22H,7,12,15,17H2,(H,26,29). The molecule has 2 heterocycles. The average molecular weight is 397 g/mol. The number of nitrogens with one attached hydrogen (secondary N) is 1. The zero-order valence-corrected chi connectivity index (χ0v) is 16.6. The third-order valence-corrected chi connectivity index (χ3v) is 5.60. The van der Waals surface area contributed by atoms with Gasteiger partial charge in [0.05, 0.1) is 0 Å². The maximum atomic E-state index is 12.8. The minimum absolute atomic E-state index is 0.0754. The molecular weight excluding hydrogens is 374 g/mol. The third kappa shape index (κ3) is 3.66. The lowest BCUT2D eigenvalue weighted by Crippen LogP contribution is -2.39. The van der Waals surface area contributed by atoms with E-state index >= 15 is 0 Å². The number of likely N-dealkylation sites (tertiary alicyclic amines) is 1. The fourth-order valence-electron chi connectivity index (χ4n) is 4.04. The molecule has 1 N–H and O–H groups in total. The van der Waals surface area contributed by atoms with Crippen LogP contribution in [0.4, 0.5) is 4.79 Å². The van der Waals surface area contributed by atoms with Gasteiger partial charge in [0.2, 0.25) is 5.89 Å². The number of hydrogen-bond acceptors (Lipinski definition) is 3. The minimum atomic E-state index is -0.131. The molecule has 5 heteroatoms. The van der Waals surface area contributed by atoms with Gasteiger partial charge in [-0.1, -0.05) is 66.7 Å². The summed E-state index contributed by atoms with van der Waals surface area (Å²) in [4.78, 5) is 19.4. The number of oxazole rings is 1. The number of carbonyl (C=O) groups is 1. The first kappa shape index (κ1) is 18.4. The summed E-state index contributed by atoms with van der Waals surface area (Å²) in [5.41, 5.74) is 4.90. The summed E-state index contributed by atoms with van der Waals surface area (Å²) in [5.74, 6) is 0.613. The molecule has 1 aromatic heterocycles. The number of carbonyl (C=O) groups excluding carboxylic acids is 1. The second kappa shape index (κ2) is 8.03. The molecule has 30 heavy (non-hydrogen) atoms. The van der Waals surface area contributed by atoms with Crippen molar-refractivity contribution in [1.82, 2.24) is 15.2 Å². The van der Waals surface area contributed by atoms with Crippen LogP contribution in [0.3, 0.4) is 0 Å². The Morgan fingerprint density at radius 2 is 1.77 bits per heavy atom. The predicted molar refractivity (Wildman–Crippen MR) is 117 cm³/mol. The van der Waals surface area contributed by atoms with Gasteiger partial charge in [-0.2, -0.15) is 0 Å². The van der Waals surface area contributed by atoms with E-state index in [1.807, 2.05) is 71.6 Å². The minimum Gasteiger partial charge on any atom is -0.438 e. The number of rotatable bonds is 4. The first-order valence-electron chi connectivity index (χ1n) is 10.3. The summed E-state index contributed by atoms with van der Waals surface area (Å²) >= 11 is 0.